The maximum Gasteiger partial charge on any atom is 0.122 e. The minimum absolute atomic E-state index is 0.476. The zero-order valence-electron chi connectivity index (χ0n) is 9.33. The number of benzene rings is 1. The van der Waals surface area contributed by atoms with Crippen LogP contribution >= 0.6 is 0 Å². The first-order valence-electron chi connectivity index (χ1n) is 5.76. The van der Waals surface area contributed by atoms with Crippen molar-refractivity contribution < 1.29 is 4.74 Å². The molecular weight excluding hydrogens is 186 g/mol. The van der Waals surface area contributed by atoms with Gasteiger partial charge in [0, 0.05) is 0 Å². The fraction of sp³-hybridized carbons (Fsp3) is 0.538. The van der Waals surface area contributed by atoms with E-state index in [0.29, 0.717) is 6.10 Å². The summed E-state index contributed by atoms with van der Waals surface area (Å²) in [7, 11) is 0. The van der Waals surface area contributed by atoms with Crippen molar-refractivity contribution in [3.8, 4) is 5.75 Å². The highest BCUT2D eigenvalue weighted by Crippen LogP contribution is 2.30. The molecule has 0 aromatic heterocycles. The third-order valence-corrected chi connectivity index (χ3v) is 2.68. The van der Waals surface area contributed by atoms with Crippen LogP contribution in [0.3, 0.4) is 0 Å². The molecule has 0 spiro atoms. The lowest BCUT2D eigenvalue weighted by Crippen LogP contribution is -2.04. The van der Waals surface area contributed by atoms with Crippen LogP contribution < -0.4 is 10.5 Å². The molecule has 0 radical (unpaired) electrons. The predicted molar refractivity (Wildman–Crippen MR) is 62.2 cm³/mol. The smallest absolute Gasteiger partial charge is 0.122 e. The fourth-order valence-corrected chi connectivity index (χ4v) is 1.68. The molecule has 1 aliphatic rings. The molecule has 1 saturated carbocycles. The van der Waals surface area contributed by atoms with E-state index in [1.165, 1.54) is 24.0 Å². The van der Waals surface area contributed by atoms with E-state index in [1.54, 1.807) is 0 Å². The molecule has 15 heavy (non-hydrogen) atoms. The van der Waals surface area contributed by atoms with Crippen LogP contribution in [-0.4, -0.2) is 12.6 Å². The third kappa shape index (κ3) is 2.96. The summed E-state index contributed by atoms with van der Waals surface area (Å²) >= 11 is 0. The molecule has 0 bridgehead atoms. The van der Waals surface area contributed by atoms with Crippen molar-refractivity contribution in [2.75, 3.05) is 6.54 Å². The highest BCUT2D eigenvalue weighted by atomic mass is 16.5. The van der Waals surface area contributed by atoms with Gasteiger partial charge in [-0.05, 0) is 50.8 Å². The second-order valence-corrected chi connectivity index (χ2v) is 4.32. The molecule has 2 rings (SSSR count). The van der Waals surface area contributed by atoms with Crippen LogP contribution in [0.4, 0.5) is 0 Å². The molecule has 1 aromatic carbocycles. The van der Waals surface area contributed by atoms with Crippen LogP contribution in [-0.2, 0) is 6.42 Å². The van der Waals surface area contributed by atoms with Crippen LogP contribution in [0.1, 0.15) is 30.4 Å². The van der Waals surface area contributed by atoms with E-state index >= 15 is 0 Å². The molecular formula is C13H19NO. The molecule has 2 heteroatoms. The van der Waals surface area contributed by atoms with Gasteiger partial charge in [-0.3, -0.25) is 0 Å². The summed E-state index contributed by atoms with van der Waals surface area (Å²) in [6.07, 6.45) is 4.96. The Labute approximate surface area is 91.4 Å². The molecule has 0 atom stereocenters. The molecule has 0 amide bonds. The van der Waals surface area contributed by atoms with Gasteiger partial charge in [-0.25, -0.2) is 0 Å². The summed E-state index contributed by atoms with van der Waals surface area (Å²) in [5.74, 6) is 1.07. The van der Waals surface area contributed by atoms with Gasteiger partial charge in [0.25, 0.3) is 0 Å². The topological polar surface area (TPSA) is 35.2 Å². The first kappa shape index (κ1) is 10.5. The second kappa shape index (κ2) is 4.67. The summed E-state index contributed by atoms with van der Waals surface area (Å²) < 4.78 is 5.87. The zero-order chi connectivity index (χ0) is 10.7. The number of hydrogen-bond donors (Lipinski definition) is 1. The molecule has 82 valence electrons. The van der Waals surface area contributed by atoms with Gasteiger partial charge in [0.1, 0.15) is 5.75 Å². The molecule has 0 unspecified atom stereocenters. The first-order chi connectivity index (χ1) is 7.29. The van der Waals surface area contributed by atoms with Crippen LogP contribution in [0.25, 0.3) is 0 Å². The normalized spacial score (nSPS) is 15.3. The lowest BCUT2D eigenvalue weighted by Gasteiger charge is -2.11. The van der Waals surface area contributed by atoms with Gasteiger partial charge in [-0.15, -0.1) is 0 Å². The largest absolute Gasteiger partial charge is 0.490 e. The Bertz CT molecular complexity index is 331. The number of hydrogen-bond acceptors (Lipinski definition) is 2. The van der Waals surface area contributed by atoms with Crippen LogP contribution in [0, 0.1) is 6.92 Å². The quantitative estimate of drug-likeness (QED) is 0.801. The Morgan fingerprint density at radius 1 is 1.40 bits per heavy atom. The molecule has 2 N–H and O–H groups in total. The molecule has 0 heterocycles. The standard InChI is InChI=1S/C13H19NO/c1-10-4-7-13(15-12-5-6-12)11(9-10)3-2-8-14/h4,7,9,12H,2-3,5-6,8,14H2,1H3. The Morgan fingerprint density at radius 3 is 2.87 bits per heavy atom. The Morgan fingerprint density at radius 2 is 2.20 bits per heavy atom. The Balaban J connectivity index is 2.10. The summed E-state index contributed by atoms with van der Waals surface area (Å²) in [6, 6.07) is 6.43. The maximum atomic E-state index is 5.87. The highest BCUT2D eigenvalue weighted by molar-refractivity contribution is 5.37. The number of nitrogens with two attached hydrogens (primary N) is 1. The van der Waals surface area contributed by atoms with E-state index in [-0.39, 0.29) is 0 Å². The van der Waals surface area contributed by atoms with Gasteiger partial charge in [-0.2, -0.15) is 0 Å². The number of ether oxygens (including phenoxy) is 1. The maximum absolute atomic E-state index is 5.87. The van der Waals surface area contributed by atoms with Gasteiger partial charge in [0.2, 0.25) is 0 Å². The minimum atomic E-state index is 0.476. The van der Waals surface area contributed by atoms with E-state index < -0.39 is 0 Å². The van der Waals surface area contributed by atoms with Crippen molar-refractivity contribution >= 4 is 0 Å². The summed E-state index contributed by atoms with van der Waals surface area (Å²) in [5, 5.41) is 0. The zero-order valence-corrected chi connectivity index (χ0v) is 9.33. The molecule has 2 nitrogen and oxygen atoms in total. The summed E-state index contributed by atoms with van der Waals surface area (Å²) in [6.45, 7) is 2.86. The van der Waals surface area contributed by atoms with E-state index in [1.807, 2.05) is 0 Å². The molecule has 1 fully saturated rings. The fourth-order valence-electron chi connectivity index (χ4n) is 1.68. The minimum Gasteiger partial charge on any atom is -0.490 e. The van der Waals surface area contributed by atoms with Crippen molar-refractivity contribution in [1.29, 1.82) is 0 Å². The van der Waals surface area contributed by atoms with Crippen LogP contribution in [0.5, 0.6) is 5.75 Å². The molecule has 0 saturated heterocycles. The van der Waals surface area contributed by atoms with Crippen molar-refractivity contribution in [2.24, 2.45) is 5.73 Å². The predicted octanol–water partition coefficient (Wildman–Crippen LogP) is 2.43. The highest BCUT2D eigenvalue weighted by Gasteiger charge is 2.24. The summed E-state index contributed by atoms with van der Waals surface area (Å²) in [4.78, 5) is 0. The summed E-state index contributed by atoms with van der Waals surface area (Å²) in [5.41, 5.74) is 8.15. The van der Waals surface area contributed by atoms with Crippen molar-refractivity contribution in [3.63, 3.8) is 0 Å². The van der Waals surface area contributed by atoms with Crippen LogP contribution in [0.15, 0.2) is 18.2 Å². The average molecular weight is 205 g/mol. The average Bonchev–Trinajstić information content (AvgIpc) is 3.02. The van der Waals surface area contributed by atoms with Gasteiger partial charge in [-0.1, -0.05) is 17.7 Å². The molecule has 0 aliphatic heterocycles. The van der Waals surface area contributed by atoms with Crippen LogP contribution in [0.2, 0.25) is 0 Å². The third-order valence-electron chi connectivity index (χ3n) is 2.68. The van der Waals surface area contributed by atoms with Crippen molar-refractivity contribution in [3.05, 3.63) is 29.3 Å². The van der Waals surface area contributed by atoms with Gasteiger partial charge >= 0.3 is 0 Å². The monoisotopic (exact) mass is 205 g/mol. The number of aryl methyl sites for hydroxylation is 2. The van der Waals surface area contributed by atoms with Gasteiger partial charge < -0.3 is 10.5 Å². The van der Waals surface area contributed by atoms with E-state index in [2.05, 4.69) is 25.1 Å². The lowest BCUT2D eigenvalue weighted by atomic mass is 10.1. The molecule has 1 aliphatic carbocycles. The SMILES string of the molecule is Cc1ccc(OC2CC2)c(CCCN)c1. The van der Waals surface area contributed by atoms with Crippen molar-refractivity contribution in [1.82, 2.24) is 0 Å². The molecule has 1 aromatic rings. The van der Waals surface area contributed by atoms with E-state index in [0.717, 1.165) is 25.1 Å². The Hall–Kier alpha value is -1.02. The first-order valence-corrected chi connectivity index (χ1v) is 5.76. The Kier molecular flexibility index (Phi) is 3.27. The second-order valence-electron chi connectivity index (χ2n) is 4.32. The lowest BCUT2D eigenvalue weighted by molar-refractivity contribution is 0.299. The van der Waals surface area contributed by atoms with E-state index in [9.17, 15) is 0 Å². The van der Waals surface area contributed by atoms with E-state index in [4.69, 9.17) is 10.5 Å². The van der Waals surface area contributed by atoms with Gasteiger partial charge in [0.15, 0.2) is 0 Å². The number of rotatable bonds is 5. The van der Waals surface area contributed by atoms with Crippen molar-refractivity contribution in [2.45, 2.75) is 38.7 Å². The van der Waals surface area contributed by atoms with Gasteiger partial charge in [0.05, 0.1) is 6.10 Å².